The van der Waals surface area contributed by atoms with Crippen LogP contribution in [-0.2, 0) is 9.59 Å². The van der Waals surface area contributed by atoms with E-state index in [0.29, 0.717) is 31.0 Å². The summed E-state index contributed by atoms with van der Waals surface area (Å²) in [6.07, 6.45) is 4.94. The number of hydrogen-bond donors (Lipinski definition) is 3. The lowest BCUT2D eigenvalue weighted by atomic mass is 9.78. The smallest absolute Gasteiger partial charge is 0.271 e. The molecule has 3 fully saturated rings. The van der Waals surface area contributed by atoms with Crippen LogP contribution in [0.1, 0.15) is 49.0 Å². The van der Waals surface area contributed by atoms with Crippen molar-refractivity contribution < 1.29 is 19.1 Å². The molecule has 5 rings (SSSR count). The minimum absolute atomic E-state index is 0.0701. The van der Waals surface area contributed by atoms with Gasteiger partial charge in [0.05, 0.1) is 13.2 Å². The van der Waals surface area contributed by atoms with Crippen LogP contribution in [-0.4, -0.2) is 59.9 Å². The van der Waals surface area contributed by atoms with Gasteiger partial charge < -0.3 is 25.3 Å². The van der Waals surface area contributed by atoms with Crippen LogP contribution in [0.15, 0.2) is 24.3 Å². The minimum atomic E-state index is -0.770. The Morgan fingerprint density at radius 3 is 2.86 bits per heavy atom. The fraction of sp³-hybridized carbons (Fsp3) is 0.538. The van der Waals surface area contributed by atoms with Crippen LogP contribution in [0.25, 0.3) is 10.9 Å². The maximum Gasteiger partial charge on any atom is 0.271 e. The molecular weight excluding hydrogens is 446 g/mol. The molecule has 0 spiro atoms. The first-order valence-electron chi connectivity index (χ1n) is 12.4. The first kappa shape index (κ1) is 23.2. The molecular formula is C26H31N5O4. The summed E-state index contributed by atoms with van der Waals surface area (Å²) >= 11 is 0. The number of carbonyl (C=O) groups is 3. The summed E-state index contributed by atoms with van der Waals surface area (Å²) in [5.41, 5.74) is 1.21. The molecule has 2 aromatic rings. The number of H-pyrrole nitrogens is 1. The quantitative estimate of drug-likeness (QED) is 0.589. The first-order valence-corrected chi connectivity index (χ1v) is 12.4. The highest BCUT2D eigenvalue weighted by Gasteiger charge is 2.49. The number of aromatic nitrogens is 1. The third-order valence-corrected chi connectivity index (χ3v) is 7.90. The molecule has 3 aliphatic rings. The number of amides is 3. The van der Waals surface area contributed by atoms with Crippen LogP contribution in [0.4, 0.5) is 0 Å². The van der Waals surface area contributed by atoms with Gasteiger partial charge in [-0.1, -0.05) is 18.9 Å². The summed E-state index contributed by atoms with van der Waals surface area (Å²) < 4.78 is 5.43. The fourth-order valence-corrected chi connectivity index (χ4v) is 6.15. The zero-order valence-corrected chi connectivity index (χ0v) is 19.9. The van der Waals surface area contributed by atoms with Gasteiger partial charge in [-0.05, 0) is 55.7 Å². The number of nitrogens with zero attached hydrogens (tertiary/aromatic N) is 2. The summed E-state index contributed by atoms with van der Waals surface area (Å²) in [6, 6.07) is 8.12. The second-order valence-electron chi connectivity index (χ2n) is 9.92. The van der Waals surface area contributed by atoms with E-state index in [1.54, 1.807) is 18.1 Å². The second-order valence-corrected chi connectivity index (χ2v) is 9.92. The molecule has 9 nitrogen and oxygen atoms in total. The maximum absolute atomic E-state index is 13.7. The van der Waals surface area contributed by atoms with Crippen LogP contribution in [0.5, 0.6) is 5.75 Å². The fourth-order valence-electron chi connectivity index (χ4n) is 6.15. The van der Waals surface area contributed by atoms with Crippen LogP contribution < -0.4 is 15.4 Å². The number of likely N-dealkylation sites (tertiary alicyclic amines) is 1. The molecule has 3 N–H and O–H groups in total. The van der Waals surface area contributed by atoms with Gasteiger partial charge in [0.1, 0.15) is 23.5 Å². The zero-order valence-electron chi connectivity index (χ0n) is 19.9. The Labute approximate surface area is 204 Å². The topological polar surface area (TPSA) is 127 Å². The standard InChI is InChI=1S/C26H31N5O4/c1-35-22-8-4-7-20-19(22)12-21(30-20)26(34)31-14-16-5-2-3-6-18(16)23(31)25(33)29-17(13-27)11-15-9-10-28-24(15)32/h4,7-8,12,15-18,23,30H,2-3,5-6,9-11,14H2,1H3,(H,28,32)(H,29,33). The van der Waals surface area contributed by atoms with Crippen molar-refractivity contribution in [1.82, 2.24) is 20.5 Å². The van der Waals surface area contributed by atoms with Gasteiger partial charge in [0.15, 0.2) is 0 Å². The summed E-state index contributed by atoms with van der Waals surface area (Å²) in [4.78, 5) is 44.1. The van der Waals surface area contributed by atoms with Gasteiger partial charge in [0.2, 0.25) is 11.8 Å². The molecule has 0 radical (unpaired) electrons. The van der Waals surface area contributed by atoms with E-state index < -0.39 is 12.1 Å². The molecule has 2 aliphatic heterocycles. The average molecular weight is 478 g/mol. The van der Waals surface area contributed by atoms with Gasteiger partial charge in [-0.3, -0.25) is 14.4 Å². The minimum Gasteiger partial charge on any atom is -0.496 e. The Balaban J connectivity index is 1.39. The number of ether oxygens (including phenoxy) is 1. The molecule has 3 heterocycles. The van der Waals surface area contributed by atoms with Crippen molar-refractivity contribution in [3.8, 4) is 11.8 Å². The highest BCUT2D eigenvalue weighted by molar-refractivity contribution is 6.02. The molecule has 184 valence electrons. The van der Waals surface area contributed by atoms with Crippen molar-refractivity contribution in [2.24, 2.45) is 17.8 Å². The van der Waals surface area contributed by atoms with E-state index in [9.17, 15) is 19.6 Å². The lowest BCUT2D eigenvalue weighted by Crippen LogP contribution is -2.51. The van der Waals surface area contributed by atoms with E-state index in [1.165, 1.54) is 0 Å². The van der Waals surface area contributed by atoms with Crippen molar-refractivity contribution >= 4 is 28.6 Å². The summed E-state index contributed by atoms with van der Waals surface area (Å²) in [7, 11) is 1.59. The zero-order chi connectivity index (χ0) is 24.5. The van der Waals surface area contributed by atoms with E-state index >= 15 is 0 Å². The van der Waals surface area contributed by atoms with E-state index in [2.05, 4.69) is 21.7 Å². The van der Waals surface area contributed by atoms with Crippen molar-refractivity contribution in [2.75, 3.05) is 20.2 Å². The Bertz CT molecular complexity index is 1180. The molecule has 35 heavy (non-hydrogen) atoms. The van der Waals surface area contributed by atoms with Gasteiger partial charge in [0.25, 0.3) is 5.91 Å². The number of benzene rings is 1. The van der Waals surface area contributed by atoms with E-state index in [1.807, 2.05) is 18.2 Å². The highest BCUT2D eigenvalue weighted by atomic mass is 16.5. The molecule has 0 bridgehead atoms. The maximum atomic E-state index is 13.7. The largest absolute Gasteiger partial charge is 0.496 e. The predicted molar refractivity (Wildman–Crippen MR) is 128 cm³/mol. The van der Waals surface area contributed by atoms with Crippen molar-refractivity contribution in [3.63, 3.8) is 0 Å². The summed E-state index contributed by atoms with van der Waals surface area (Å²) in [5, 5.41) is 16.1. The number of fused-ring (bicyclic) bond motifs is 2. The van der Waals surface area contributed by atoms with E-state index in [-0.39, 0.29) is 41.9 Å². The predicted octanol–water partition coefficient (Wildman–Crippen LogP) is 2.34. The Hall–Kier alpha value is -3.54. The molecule has 5 atom stereocenters. The van der Waals surface area contributed by atoms with Crippen molar-refractivity contribution in [2.45, 2.75) is 50.6 Å². The van der Waals surface area contributed by atoms with E-state index in [4.69, 9.17) is 4.74 Å². The molecule has 1 aliphatic carbocycles. The molecule has 1 saturated carbocycles. The Kier molecular flexibility index (Phi) is 6.37. The molecule has 1 aromatic carbocycles. The van der Waals surface area contributed by atoms with Gasteiger partial charge in [-0.2, -0.15) is 5.26 Å². The Morgan fingerprint density at radius 2 is 2.11 bits per heavy atom. The summed E-state index contributed by atoms with van der Waals surface area (Å²) in [5.74, 6) is 0.149. The van der Waals surface area contributed by atoms with Gasteiger partial charge in [-0.25, -0.2) is 0 Å². The molecule has 2 saturated heterocycles. The molecule has 5 unspecified atom stereocenters. The van der Waals surface area contributed by atoms with E-state index in [0.717, 1.165) is 36.6 Å². The monoisotopic (exact) mass is 477 g/mol. The molecule has 1 aromatic heterocycles. The van der Waals surface area contributed by atoms with Crippen molar-refractivity contribution in [3.05, 3.63) is 30.0 Å². The van der Waals surface area contributed by atoms with Crippen LogP contribution in [0.2, 0.25) is 0 Å². The second kappa shape index (κ2) is 9.61. The normalized spacial score (nSPS) is 26.6. The van der Waals surface area contributed by atoms with Gasteiger partial charge in [-0.15, -0.1) is 0 Å². The SMILES string of the molecule is COc1cccc2[nH]c(C(=O)N3CC4CCCCC4C3C(=O)NC(C#N)CC3CCNC3=O)cc12. The lowest BCUT2D eigenvalue weighted by molar-refractivity contribution is -0.127. The average Bonchev–Trinajstić information content (AvgIpc) is 3.59. The molecule has 3 amide bonds. The molecule has 9 heteroatoms. The lowest BCUT2D eigenvalue weighted by Gasteiger charge is -2.30. The van der Waals surface area contributed by atoms with Gasteiger partial charge >= 0.3 is 0 Å². The number of aromatic amines is 1. The summed E-state index contributed by atoms with van der Waals surface area (Å²) in [6.45, 7) is 1.12. The number of methoxy groups -OCH3 is 1. The van der Waals surface area contributed by atoms with Crippen LogP contribution >= 0.6 is 0 Å². The highest BCUT2D eigenvalue weighted by Crippen LogP contribution is 2.41. The van der Waals surface area contributed by atoms with Gasteiger partial charge in [0, 0.05) is 29.9 Å². The van der Waals surface area contributed by atoms with Crippen LogP contribution in [0.3, 0.4) is 0 Å². The third-order valence-electron chi connectivity index (χ3n) is 7.90. The number of carbonyl (C=O) groups excluding carboxylic acids is 3. The first-order chi connectivity index (χ1) is 17.0. The third kappa shape index (κ3) is 4.33. The number of nitriles is 1. The number of rotatable bonds is 6. The van der Waals surface area contributed by atoms with Crippen LogP contribution in [0, 0.1) is 29.1 Å². The number of nitrogens with one attached hydrogen (secondary N) is 3. The Morgan fingerprint density at radius 1 is 1.29 bits per heavy atom. The number of hydrogen-bond acceptors (Lipinski definition) is 5. The van der Waals surface area contributed by atoms with Crippen molar-refractivity contribution in [1.29, 1.82) is 5.26 Å².